The molecular formula is C22H29N7O. The Balaban J connectivity index is 1.31. The minimum atomic E-state index is 0.494. The zero-order valence-corrected chi connectivity index (χ0v) is 17.4. The van der Waals surface area contributed by atoms with Gasteiger partial charge >= 0.3 is 0 Å². The maximum absolute atomic E-state index is 5.33. The lowest BCUT2D eigenvalue weighted by molar-refractivity contribution is 0.331. The lowest BCUT2D eigenvalue weighted by atomic mass is 10.1. The number of aromatic nitrogens is 3. The van der Waals surface area contributed by atoms with Gasteiger partial charge in [0.25, 0.3) is 0 Å². The summed E-state index contributed by atoms with van der Waals surface area (Å²) < 4.78 is 5.33. The minimum Gasteiger partial charge on any atom is -0.461 e. The van der Waals surface area contributed by atoms with Gasteiger partial charge in [-0.15, -0.1) is 5.10 Å². The van der Waals surface area contributed by atoms with Crippen molar-refractivity contribution < 1.29 is 4.42 Å². The molecule has 0 bridgehead atoms. The van der Waals surface area contributed by atoms with Crippen molar-refractivity contribution in [3.8, 4) is 11.6 Å². The van der Waals surface area contributed by atoms with Crippen LogP contribution in [-0.2, 0) is 19.6 Å². The van der Waals surface area contributed by atoms with Crippen LogP contribution in [0.15, 0.2) is 52.1 Å². The molecule has 3 aromatic rings. The molecule has 1 saturated heterocycles. The SMILES string of the molecule is CCNC(=NCc1ccc(CN2CCCC2)cc1)NCc1nc(-c2ccco2)n[nH]1. The largest absolute Gasteiger partial charge is 0.461 e. The highest BCUT2D eigenvalue weighted by atomic mass is 16.3. The lowest BCUT2D eigenvalue weighted by Gasteiger charge is -2.14. The molecule has 0 atom stereocenters. The highest BCUT2D eigenvalue weighted by Crippen LogP contribution is 2.15. The predicted octanol–water partition coefficient (Wildman–Crippen LogP) is 2.92. The van der Waals surface area contributed by atoms with Crippen molar-refractivity contribution in [2.45, 2.75) is 39.4 Å². The van der Waals surface area contributed by atoms with Crippen LogP contribution < -0.4 is 10.6 Å². The Hall–Kier alpha value is -3.13. The Morgan fingerprint density at radius 1 is 1.13 bits per heavy atom. The Bertz CT molecular complexity index is 925. The molecule has 3 N–H and O–H groups in total. The Labute approximate surface area is 176 Å². The number of hydrogen-bond acceptors (Lipinski definition) is 5. The highest BCUT2D eigenvalue weighted by molar-refractivity contribution is 5.79. The fourth-order valence-electron chi connectivity index (χ4n) is 3.52. The summed E-state index contributed by atoms with van der Waals surface area (Å²) in [7, 11) is 0. The van der Waals surface area contributed by atoms with E-state index in [4.69, 9.17) is 9.41 Å². The predicted molar refractivity (Wildman–Crippen MR) is 117 cm³/mol. The van der Waals surface area contributed by atoms with Crippen molar-refractivity contribution in [1.82, 2.24) is 30.7 Å². The van der Waals surface area contributed by atoms with Crippen molar-refractivity contribution in [1.29, 1.82) is 0 Å². The number of hydrogen-bond donors (Lipinski definition) is 3. The van der Waals surface area contributed by atoms with Crippen LogP contribution in [0.25, 0.3) is 11.6 Å². The van der Waals surface area contributed by atoms with E-state index in [0.717, 1.165) is 24.9 Å². The number of furan rings is 1. The summed E-state index contributed by atoms with van der Waals surface area (Å²) in [6.07, 6.45) is 4.26. The highest BCUT2D eigenvalue weighted by Gasteiger charge is 2.11. The van der Waals surface area contributed by atoms with Crippen LogP contribution in [0.3, 0.4) is 0 Å². The molecule has 1 aromatic carbocycles. The molecule has 0 radical (unpaired) electrons. The Morgan fingerprint density at radius 3 is 2.67 bits per heavy atom. The molecule has 1 fully saturated rings. The van der Waals surface area contributed by atoms with Crippen LogP contribution in [0, 0.1) is 0 Å². The summed E-state index contributed by atoms with van der Waals surface area (Å²) >= 11 is 0. The van der Waals surface area contributed by atoms with Crippen LogP contribution in [0.2, 0.25) is 0 Å². The molecule has 2 aromatic heterocycles. The zero-order chi connectivity index (χ0) is 20.6. The van der Waals surface area contributed by atoms with Crippen molar-refractivity contribution in [2.24, 2.45) is 4.99 Å². The van der Waals surface area contributed by atoms with E-state index in [-0.39, 0.29) is 0 Å². The standard InChI is InChI=1S/C22H29N7O/c1-2-23-22(25-15-20-26-21(28-27-20)19-6-5-13-30-19)24-14-17-7-9-18(10-8-17)16-29-11-3-4-12-29/h5-10,13H,2-4,11-12,14-16H2,1H3,(H2,23,24,25)(H,26,27,28). The number of nitrogens with one attached hydrogen (secondary N) is 3. The third-order valence-electron chi connectivity index (χ3n) is 5.09. The molecule has 30 heavy (non-hydrogen) atoms. The number of benzene rings is 1. The number of aromatic amines is 1. The number of H-pyrrole nitrogens is 1. The second kappa shape index (κ2) is 10.1. The van der Waals surface area contributed by atoms with E-state index in [1.165, 1.54) is 37.1 Å². The van der Waals surface area contributed by atoms with E-state index in [2.05, 4.69) is 55.0 Å². The average molecular weight is 408 g/mol. The molecule has 1 aliphatic rings. The summed E-state index contributed by atoms with van der Waals surface area (Å²) in [5.74, 6) is 2.66. The molecule has 0 amide bonds. The van der Waals surface area contributed by atoms with E-state index >= 15 is 0 Å². The second-order valence-electron chi connectivity index (χ2n) is 7.43. The third kappa shape index (κ3) is 5.48. The third-order valence-corrected chi connectivity index (χ3v) is 5.09. The summed E-state index contributed by atoms with van der Waals surface area (Å²) in [4.78, 5) is 11.7. The van der Waals surface area contributed by atoms with Crippen molar-refractivity contribution in [3.63, 3.8) is 0 Å². The monoisotopic (exact) mass is 407 g/mol. The Morgan fingerprint density at radius 2 is 1.93 bits per heavy atom. The minimum absolute atomic E-state index is 0.494. The average Bonchev–Trinajstić information content (AvgIpc) is 3.54. The molecular weight excluding hydrogens is 378 g/mol. The first kappa shape index (κ1) is 20.2. The van der Waals surface area contributed by atoms with Gasteiger partial charge in [0.1, 0.15) is 5.82 Å². The van der Waals surface area contributed by atoms with E-state index in [9.17, 15) is 0 Å². The molecule has 0 aliphatic carbocycles. The van der Waals surface area contributed by atoms with Gasteiger partial charge in [-0.25, -0.2) is 9.98 Å². The second-order valence-corrected chi connectivity index (χ2v) is 7.43. The molecule has 0 spiro atoms. The normalized spacial score (nSPS) is 14.9. The fourth-order valence-corrected chi connectivity index (χ4v) is 3.52. The van der Waals surface area contributed by atoms with Crippen LogP contribution in [-0.4, -0.2) is 45.7 Å². The molecule has 0 saturated carbocycles. The van der Waals surface area contributed by atoms with Crippen molar-refractivity contribution in [2.75, 3.05) is 19.6 Å². The van der Waals surface area contributed by atoms with Crippen LogP contribution in [0.1, 0.15) is 36.7 Å². The topological polar surface area (TPSA) is 94.4 Å². The van der Waals surface area contributed by atoms with Gasteiger partial charge in [0, 0.05) is 13.1 Å². The molecule has 0 unspecified atom stereocenters. The smallest absolute Gasteiger partial charge is 0.216 e. The van der Waals surface area contributed by atoms with Crippen molar-refractivity contribution >= 4 is 5.96 Å². The van der Waals surface area contributed by atoms with Crippen LogP contribution in [0.5, 0.6) is 0 Å². The van der Waals surface area contributed by atoms with Gasteiger partial charge in [-0.3, -0.25) is 10.00 Å². The van der Waals surface area contributed by atoms with E-state index in [1.54, 1.807) is 6.26 Å². The van der Waals surface area contributed by atoms with E-state index in [1.807, 2.05) is 19.1 Å². The van der Waals surface area contributed by atoms with Gasteiger partial charge in [-0.1, -0.05) is 24.3 Å². The molecule has 1 aliphatic heterocycles. The number of guanidine groups is 1. The summed E-state index contributed by atoms with van der Waals surface area (Å²) in [6, 6.07) is 12.4. The van der Waals surface area contributed by atoms with Crippen molar-refractivity contribution in [3.05, 3.63) is 59.6 Å². The zero-order valence-electron chi connectivity index (χ0n) is 17.4. The first-order valence-corrected chi connectivity index (χ1v) is 10.6. The number of nitrogens with zero attached hydrogens (tertiary/aromatic N) is 4. The van der Waals surface area contributed by atoms with E-state index in [0.29, 0.717) is 24.7 Å². The summed E-state index contributed by atoms with van der Waals surface area (Å²) in [6.45, 7) is 7.44. The number of likely N-dealkylation sites (tertiary alicyclic amines) is 1. The number of aliphatic imine (C=N–C) groups is 1. The molecule has 4 rings (SSSR count). The summed E-state index contributed by atoms with van der Waals surface area (Å²) in [5.41, 5.74) is 2.56. The number of rotatable bonds is 8. The van der Waals surface area contributed by atoms with Gasteiger partial charge in [0.15, 0.2) is 11.7 Å². The molecule has 8 heteroatoms. The molecule has 3 heterocycles. The first-order chi connectivity index (χ1) is 14.8. The maximum Gasteiger partial charge on any atom is 0.216 e. The first-order valence-electron chi connectivity index (χ1n) is 10.6. The van der Waals surface area contributed by atoms with Gasteiger partial charge in [-0.05, 0) is 56.1 Å². The molecule has 158 valence electrons. The fraction of sp³-hybridized carbons (Fsp3) is 0.409. The quantitative estimate of drug-likeness (QED) is 0.393. The van der Waals surface area contributed by atoms with Gasteiger partial charge in [0.2, 0.25) is 5.82 Å². The van der Waals surface area contributed by atoms with Gasteiger partial charge < -0.3 is 15.1 Å². The van der Waals surface area contributed by atoms with Crippen LogP contribution >= 0.6 is 0 Å². The maximum atomic E-state index is 5.33. The summed E-state index contributed by atoms with van der Waals surface area (Å²) in [5, 5.41) is 13.7. The van der Waals surface area contributed by atoms with Gasteiger partial charge in [0.05, 0.1) is 19.4 Å². The lowest BCUT2D eigenvalue weighted by Crippen LogP contribution is -2.37. The molecule has 8 nitrogen and oxygen atoms in total. The van der Waals surface area contributed by atoms with Gasteiger partial charge in [-0.2, -0.15) is 0 Å². The Kier molecular flexibility index (Phi) is 6.76. The van der Waals surface area contributed by atoms with Crippen LogP contribution in [0.4, 0.5) is 0 Å². The van der Waals surface area contributed by atoms with E-state index < -0.39 is 0 Å².